The number of aliphatic hydroxyl groups is 1. The van der Waals surface area contributed by atoms with Gasteiger partial charge in [-0.2, -0.15) is 0 Å². The second-order valence-corrected chi connectivity index (χ2v) is 13.9. The number of likely N-dealkylation sites (tertiary alicyclic amines) is 2. The lowest BCUT2D eigenvalue weighted by Crippen LogP contribution is -2.54. The fraction of sp³-hybridized carbons (Fsp3) is 0.742. The van der Waals surface area contributed by atoms with E-state index in [-0.39, 0.29) is 47.9 Å². The molecule has 7 heteroatoms. The zero-order valence-electron chi connectivity index (χ0n) is 24.1. The van der Waals surface area contributed by atoms with E-state index in [4.69, 9.17) is 11.6 Å². The molecular formula is C31H48ClN3O3. The van der Waals surface area contributed by atoms with E-state index in [1.165, 1.54) is 12.8 Å². The van der Waals surface area contributed by atoms with Crippen LogP contribution in [-0.2, 0) is 9.59 Å². The van der Waals surface area contributed by atoms with Gasteiger partial charge in [0.15, 0.2) is 0 Å². The molecule has 1 aliphatic carbocycles. The van der Waals surface area contributed by atoms with Gasteiger partial charge < -0.3 is 14.9 Å². The van der Waals surface area contributed by atoms with Crippen molar-refractivity contribution in [1.82, 2.24) is 14.7 Å². The van der Waals surface area contributed by atoms with Crippen molar-refractivity contribution in [2.45, 2.75) is 103 Å². The Balaban J connectivity index is 1.55. The molecule has 38 heavy (non-hydrogen) atoms. The molecule has 0 bridgehead atoms. The molecule has 0 aromatic heterocycles. The Morgan fingerprint density at radius 1 is 0.921 bits per heavy atom. The molecule has 1 aromatic rings. The Morgan fingerprint density at radius 2 is 1.55 bits per heavy atom. The van der Waals surface area contributed by atoms with Crippen LogP contribution in [0.25, 0.3) is 0 Å². The summed E-state index contributed by atoms with van der Waals surface area (Å²) in [4.78, 5) is 34.5. The van der Waals surface area contributed by atoms with Gasteiger partial charge in [0.2, 0.25) is 11.8 Å². The van der Waals surface area contributed by atoms with Gasteiger partial charge in [-0.05, 0) is 71.6 Å². The SMILES string of the molecule is CC(C)(CO)C(=O)N(C1CCCCCC1)[C@H]1CCN(C(=O)[C@@H]2CN(C(C)(C)C)C[C@H]2c2ccc(Cl)cc2)C1. The maximum absolute atomic E-state index is 14.1. The molecule has 3 atom stereocenters. The van der Waals surface area contributed by atoms with E-state index in [0.717, 1.165) is 50.8 Å². The summed E-state index contributed by atoms with van der Waals surface area (Å²) in [5.41, 5.74) is 0.323. The predicted molar refractivity (Wildman–Crippen MR) is 153 cm³/mol. The summed E-state index contributed by atoms with van der Waals surface area (Å²) < 4.78 is 0. The molecule has 2 aliphatic heterocycles. The summed E-state index contributed by atoms with van der Waals surface area (Å²) in [6.45, 7) is 13.0. The highest BCUT2D eigenvalue weighted by Gasteiger charge is 2.46. The molecule has 0 radical (unpaired) electrons. The van der Waals surface area contributed by atoms with Crippen LogP contribution in [0.3, 0.4) is 0 Å². The van der Waals surface area contributed by atoms with Gasteiger partial charge in [0, 0.05) is 48.7 Å². The Kier molecular flexibility index (Phi) is 9.16. The topological polar surface area (TPSA) is 64.1 Å². The van der Waals surface area contributed by atoms with E-state index in [9.17, 15) is 14.7 Å². The van der Waals surface area contributed by atoms with Gasteiger partial charge in [0.05, 0.1) is 24.0 Å². The summed E-state index contributed by atoms with van der Waals surface area (Å²) in [6, 6.07) is 8.17. The number of hydrogen-bond donors (Lipinski definition) is 1. The van der Waals surface area contributed by atoms with Crippen LogP contribution in [0.2, 0.25) is 5.02 Å². The molecule has 212 valence electrons. The third-order valence-corrected chi connectivity index (χ3v) is 9.43. The maximum Gasteiger partial charge on any atom is 0.231 e. The zero-order valence-corrected chi connectivity index (χ0v) is 24.8. The predicted octanol–water partition coefficient (Wildman–Crippen LogP) is 5.32. The highest BCUT2D eigenvalue weighted by Crippen LogP contribution is 2.39. The van der Waals surface area contributed by atoms with Crippen LogP contribution in [-0.4, -0.2) is 82.0 Å². The van der Waals surface area contributed by atoms with Crippen molar-refractivity contribution in [2.75, 3.05) is 32.8 Å². The van der Waals surface area contributed by atoms with Crippen molar-refractivity contribution in [1.29, 1.82) is 0 Å². The van der Waals surface area contributed by atoms with Crippen LogP contribution in [0.5, 0.6) is 0 Å². The Morgan fingerprint density at radius 3 is 2.13 bits per heavy atom. The molecule has 3 fully saturated rings. The first kappa shape index (κ1) is 29.4. The standard InChI is InChI=1S/C31H48ClN3O3/c1-30(2,3)34-19-26(22-12-14-23(32)15-13-22)27(20-34)28(37)33-17-16-25(18-33)35(29(38)31(4,5)21-36)24-10-8-6-7-9-11-24/h12-15,24-27,36H,6-11,16-21H2,1-5H3/t25-,26-,27+/m0/s1. The van der Waals surface area contributed by atoms with Gasteiger partial charge in [-0.25, -0.2) is 0 Å². The lowest BCUT2D eigenvalue weighted by atomic mass is 9.88. The highest BCUT2D eigenvalue weighted by atomic mass is 35.5. The molecule has 6 nitrogen and oxygen atoms in total. The number of halogens is 1. The van der Waals surface area contributed by atoms with Crippen LogP contribution in [0.15, 0.2) is 24.3 Å². The Labute approximate surface area is 234 Å². The van der Waals surface area contributed by atoms with Gasteiger partial charge in [0.25, 0.3) is 0 Å². The summed E-state index contributed by atoms with van der Waals surface area (Å²) in [5, 5.41) is 10.7. The van der Waals surface area contributed by atoms with Gasteiger partial charge in [-0.1, -0.05) is 49.4 Å². The smallest absolute Gasteiger partial charge is 0.231 e. The second kappa shape index (κ2) is 11.9. The highest BCUT2D eigenvalue weighted by molar-refractivity contribution is 6.30. The van der Waals surface area contributed by atoms with Crippen molar-refractivity contribution in [3.05, 3.63) is 34.9 Å². The normalized spacial score (nSPS) is 26.0. The van der Waals surface area contributed by atoms with Crippen LogP contribution >= 0.6 is 11.6 Å². The minimum atomic E-state index is -0.817. The van der Waals surface area contributed by atoms with E-state index in [2.05, 4.69) is 42.7 Å². The monoisotopic (exact) mass is 545 g/mol. The fourth-order valence-electron chi connectivity index (χ4n) is 6.64. The number of carbonyl (C=O) groups excluding carboxylic acids is 2. The average molecular weight is 546 g/mol. The van der Waals surface area contributed by atoms with Crippen molar-refractivity contribution < 1.29 is 14.7 Å². The van der Waals surface area contributed by atoms with Crippen molar-refractivity contribution >= 4 is 23.4 Å². The lowest BCUT2D eigenvalue weighted by Gasteiger charge is -2.40. The molecule has 2 saturated heterocycles. The molecular weight excluding hydrogens is 498 g/mol. The third-order valence-electron chi connectivity index (χ3n) is 9.18. The number of aliphatic hydroxyl groups excluding tert-OH is 1. The number of carbonyl (C=O) groups is 2. The summed E-state index contributed by atoms with van der Waals surface area (Å²) >= 11 is 6.18. The molecule has 0 unspecified atom stereocenters. The molecule has 2 amide bonds. The summed E-state index contributed by atoms with van der Waals surface area (Å²) in [5.74, 6) is 0.231. The third kappa shape index (κ3) is 6.39. The van der Waals surface area contributed by atoms with Crippen LogP contribution in [0, 0.1) is 11.3 Å². The zero-order chi connectivity index (χ0) is 27.7. The number of nitrogens with zero attached hydrogens (tertiary/aromatic N) is 3. The lowest BCUT2D eigenvalue weighted by molar-refractivity contribution is -0.148. The minimum Gasteiger partial charge on any atom is -0.395 e. The molecule has 1 aromatic carbocycles. The van der Waals surface area contributed by atoms with Crippen LogP contribution in [0.1, 0.15) is 91.0 Å². The largest absolute Gasteiger partial charge is 0.395 e. The number of amides is 2. The molecule has 0 spiro atoms. The number of benzene rings is 1. The van der Waals surface area contributed by atoms with E-state index in [1.807, 2.05) is 30.9 Å². The van der Waals surface area contributed by atoms with Gasteiger partial charge >= 0.3 is 0 Å². The van der Waals surface area contributed by atoms with Crippen LogP contribution < -0.4 is 0 Å². The van der Waals surface area contributed by atoms with Crippen molar-refractivity contribution in [3.63, 3.8) is 0 Å². The van der Waals surface area contributed by atoms with Crippen molar-refractivity contribution in [3.8, 4) is 0 Å². The molecule has 1 saturated carbocycles. The quantitative estimate of drug-likeness (QED) is 0.491. The Hall–Kier alpha value is -1.63. The maximum atomic E-state index is 14.1. The Bertz CT molecular complexity index is 966. The van der Waals surface area contributed by atoms with Crippen LogP contribution in [0.4, 0.5) is 0 Å². The van der Waals surface area contributed by atoms with E-state index in [1.54, 1.807) is 0 Å². The van der Waals surface area contributed by atoms with Crippen molar-refractivity contribution in [2.24, 2.45) is 11.3 Å². The number of rotatable bonds is 6. The van der Waals surface area contributed by atoms with Gasteiger partial charge in [-0.15, -0.1) is 0 Å². The minimum absolute atomic E-state index is 0.00878. The molecule has 4 rings (SSSR count). The van der Waals surface area contributed by atoms with E-state index < -0.39 is 5.41 Å². The van der Waals surface area contributed by atoms with Gasteiger partial charge in [0.1, 0.15) is 0 Å². The molecule has 1 N–H and O–H groups in total. The first-order chi connectivity index (χ1) is 17.9. The molecule has 2 heterocycles. The first-order valence-corrected chi connectivity index (χ1v) is 15.0. The second-order valence-electron chi connectivity index (χ2n) is 13.5. The molecule has 3 aliphatic rings. The summed E-state index contributed by atoms with van der Waals surface area (Å²) in [6.07, 6.45) is 7.54. The first-order valence-electron chi connectivity index (χ1n) is 14.7. The fourth-order valence-corrected chi connectivity index (χ4v) is 6.76. The number of hydrogen-bond acceptors (Lipinski definition) is 4. The van der Waals surface area contributed by atoms with E-state index >= 15 is 0 Å². The summed E-state index contributed by atoms with van der Waals surface area (Å²) in [7, 11) is 0. The van der Waals surface area contributed by atoms with E-state index in [0.29, 0.717) is 18.1 Å². The average Bonchev–Trinajstić information content (AvgIpc) is 3.46. The van der Waals surface area contributed by atoms with Gasteiger partial charge in [-0.3, -0.25) is 14.5 Å².